The minimum atomic E-state index is 0.688. The lowest BCUT2D eigenvalue weighted by atomic mass is 10.1. The average Bonchev–Trinajstić information content (AvgIpc) is 2.97. The predicted octanol–water partition coefficient (Wildman–Crippen LogP) is 2.51. The summed E-state index contributed by atoms with van der Waals surface area (Å²) in [4.78, 5) is 12.1. The molecule has 2 aliphatic rings. The number of hydrogen-bond donors (Lipinski definition) is 1. The maximum atomic E-state index is 6.29. The SMILES string of the molecule is CCN1CCN(Cc2ccccc2CN=C(N)N2CCCCCC2)CC1. The van der Waals surface area contributed by atoms with E-state index in [2.05, 4.69) is 45.9 Å². The van der Waals surface area contributed by atoms with Gasteiger partial charge in [-0.15, -0.1) is 0 Å². The van der Waals surface area contributed by atoms with Gasteiger partial charge in [-0.05, 0) is 30.5 Å². The van der Waals surface area contributed by atoms with E-state index in [1.165, 1.54) is 49.9 Å². The van der Waals surface area contributed by atoms with Gasteiger partial charge in [0.2, 0.25) is 0 Å². The summed E-state index contributed by atoms with van der Waals surface area (Å²) in [5.41, 5.74) is 8.99. The van der Waals surface area contributed by atoms with Crippen LogP contribution in [0, 0.1) is 0 Å². The van der Waals surface area contributed by atoms with Crippen molar-refractivity contribution in [1.82, 2.24) is 14.7 Å². The summed E-state index contributed by atoms with van der Waals surface area (Å²) in [7, 11) is 0. The Bertz CT molecular complexity index is 570. The first-order valence-electron chi connectivity index (χ1n) is 10.3. The number of nitrogens with zero attached hydrogens (tertiary/aromatic N) is 4. The molecule has 0 radical (unpaired) electrons. The van der Waals surface area contributed by atoms with Gasteiger partial charge in [0.25, 0.3) is 0 Å². The fraction of sp³-hybridized carbons (Fsp3) is 0.667. The molecule has 1 aromatic rings. The van der Waals surface area contributed by atoms with Crippen molar-refractivity contribution in [1.29, 1.82) is 0 Å². The Morgan fingerprint density at radius 2 is 1.50 bits per heavy atom. The van der Waals surface area contributed by atoms with E-state index in [1.54, 1.807) is 0 Å². The van der Waals surface area contributed by atoms with Crippen molar-refractivity contribution in [2.75, 3.05) is 45.8 Å². The topological polar surface area (TPSA) is 48.1 Å². The molecular formula is C21H35N5. The standard InChI is InChI=1S/C21H35N5/c1-2-24-13-15-25(16-14-24)18-20-10-6-5-9-19(20)17-23-21(22)26-11-7-3-4-8-12-26/h5-6,9-10H,2-4,7-8,11-18H2,1H3,(H2,22,23). The van der Waals surface area contributed by atoms with Crippen LogP contribution >= 0.6 is 0 Å². The third kappa shape index (κ3) is 5.45. The van der Waals surface area contributed by atoms with Crippen LogP contribution in [0.3, 0.4) is 0 Å². The Morgan fingerprint density at radius 3 is 2.15 bits per heavy atom. The van der Waals surface area contributed by atoms with Crippen LogP contribution in [0.5, 0.6) is 0 Å². The summed E-state index contributed by atoms with van der Waals surface area (Å²) >= 11 is 0. The number of guanidine groups is 1. The Hall–Kier alpha value is -1.59. The van der Waals surface area contributed by atoms with Crippen molar-refractivity contribution >= 4 is 5.96 Å². The second-order valence-electron chi connectivity index (χ2n) is 7.55. The first-order valence-corrected chi connectivity index (χ1v) is 10.3. The van der Waals surface area contributed by atoms with Crippen molar-refractivity contribution in [3.63, 3.8) is 0 Å². The normalized spacial score (nSPS) is 21.0. The van der Waals surface area contributed by atoms with E-state index in [0.717, 1.165) is 45.2 Å². The van der Waals surface area contributed by atoms with Crippen molar-refractivity contribution in [2.24, 2.45) is 10.7 Å². The summed E-state index contributed by atoms with van der Waals surface area (Å²) in [6.45, 7) is 11.9. The molecule has 2 aliphatic heterocycles. The van der Waals surface area contributed by atoms with Crippen LogP contribution in [0.15, 0.2) is 29.3 Å². The van der Waals surface area contributed by atoms with E-state index in [0.29, 0.717) is 6.54 Å². The molecule has 2 fully saturated rings. The zero-order valence-corrected chi connectivity index (χ0v) is 16.4. The third-order valence-corrected chi connectivity index (χ3v) is 5.77. The van der Waals surface area contributed by atoms with Crippen LogP contribution in [0.2, 0.25) is 0 Å². The summed E-state index contributed by atoms with van der Waals surface area (Å²) in [5, 5.41) is 0. The lowest BCUT2D eigenvalue weighted by Gasteiger charge is -2.34. The first-order chi connectivity index (χ1) is 12.8. The molecule has 2 saturated heterocycles. The molecule has 3 rings (SSSR count). The molecule has 0 bridgehead atoms. The molecular weight excluding hydrogens is 322 g/mol. The number of likely N-dealkylation sites (tertiary alicyclic amines) is 1. The Kier molecular flexibility index (Phi) is 7.32. The zero-order valence-electron chi connectivity index (χ0n) is 16.4. The molecule has 1 aromatic carbocycles. The first kappa shape index (κ1) is 19.2. The van der Waals surface area contributed by atoms with E-state index in [1.807, 2.05) is 0 Å². The van der Waals surface area contributed by atoms with Crippen LogP contribution in [0.1, 0.15) is 43.7 Å². The quantitative estimate of drug-likeness (QED) is 0.650. The van der Waals surface area contributed by atoms with Crippen molar-refractivity contribution in [3.05, 3.63) is 35.4 Å². The number of hydrogen-bond acceptors (Lipinski definition) is 3. The summed E-state index contributed by atoms with van der Waals surface area (Å²) in [6, 6.07) is 8.71. The molecule has 2 heterocycles. The third-order valence-electron chi connectivity index (χ3n) is 5.77. The number of likely N-dealkylation sites (N-methyl/N-ethyl adjacent to an activating group) is 1. The molecule has 5 nitrogen and oxygen atoms in total. The molecule has 0 aromatic heterocycles. The van der Waals surface area contributed by atoms with E-state index in [9.17, 15) is 0 Å². The summed E-state index contributed by atoms with van der Waals surface area (Å²) < 4.78 is 0. The van der Waals surface area contributed by atoms with E-state index < -0.39 is 0 Å². The van der Waals surface area contributed by atoms with Gasteiger partial charge in [0.15, 0.2) is 5.96 Å². The van der Waals surface area contributed by atoms with Crippen LogP contribution in [-0.2, 0) is 13.1 Å². The minimum absolute atomic E-state index is 0.688. The highest BCUT2D eigenvalue weighted by Crippen LogP contribution is 2.15. The lowest BCUT2D eigenvalue weighted by Crippen LogP contribution is -2.45. The maximum absolute atomic E-state index is 6.29. The molecule has 26 heavy (non-hydrogen) atoms. The van der Waals surface area contributed by atoms with Gasteiger partial charge in [-0.25, -0.2) is 4.99 Å². The van der Waals surface area contributed by atoms with Crippen LogP contribution < -0.4 is 5.73 Å². The maximum Gasteiger partial charge on any atom is 0.191 e. The largest absolute Gasteiger partial charge is 0.370 e. The van der Waals surface area contributed by atoms with Gasteiger partial charge in [-0.3, -0.25) is 4.90 Å². The molecule has 0 atom stereocenters. The molecule has 0 aliphatic carbocycles. The fourth-order valence-corrected chi connectivity index (χ4v) is 3.94. The van der Waals surface area contributed by atoms with Crippen LogP contribution in [0.25, 0.3) is 0 Å². The Balaban J connectivity index is 1.59. The molecule has 144 valence electrons. The second-order valence-corrected chi connectivity index (χ2v) is 7.55. The summed E-state index contributed by atoms with van der Waals surface area (Å²) in [6.07, 6.45) is 5.10. The number of benzene rings is 1. The van der Waals surface area contributed by atoms with Gasteiger partial charge in [0, 0.05) is 45.8 Å². The van der Waals surface area contributed by atoms with Gasteiger partial charge < -0.3 is 15.5 Å². The molecule has 0 amide bonds. The number of piperazine rings is 1. The minimum Gasteiger partial charge on any atom is -0.370 e. The molecule has 0 saturated carbocycles. The van der Waals surface area contributed by atoms with Crippen molar-refractivity contribution in [3.8, 4) is 0 Å². The molecule has 5 heteroatoms. The van der Waals surface area contributed by atoms with E-state index in [-0.39, 0.29) is 0 Å². The highest BCUT2D eigenvalue weighted by molar-refractivity contribution is 5.78. The van der Waals surface area contributed by atoms with Crippen molar-refractivity contribution < 1.29 is 0 Å². The molecule has 0 spiro atoms. The monoisotopic (exact) mass is 357 g/mol. The molecule has 0 unspecified atom stereocenters. The second kappa shape index (κ2) is 9.93. The average molecular weight is 358 g/mol. The number of nitrogens with two attached hydrogens (primary N) is 1. The summed E-state index contributed by atoms with van der Waals surface area (Å²) in [5.74, 6) is 0.721. The zero-order chi connectivity index (χ0) is 18.2. The van der Waals surface area contributed by atoms with Gasteiger partial charge in [-0.2, -0.15) is 0 Å². The smallest absolute Gasteiger partial charge is 0.191 e. The van der Waals surface area contributed by atoms with E-state index in [4.69, 9.17) is 10.7 Å². The predicted molar refractivity (Wildman–Crippen MR) is 109 cm³/mol. The highest BCUT2D eigenvalue weighted by atomic mass is 15.3. The Morgan fingerprint density at radius 1 is 0.885 bits per heavy atom. The van der Waals surface area contributed by atoms with Gasteiger partial charge in [-0.1, -0.05) is 44.0 Å². The van der Waals surface area contributed by atoms with Gasteiger partial charge in [0.1, 0.15) is 0 Å². The van der Waals surface area contributed by atoms with Gasteiger partial charge >= 0.3 is 0 Å². The van der Waals surface area contributed by atoms with E-state index >= 15 is 0 Å². The van der Waals surface area contributed by atoms with Crippen LogP contribution in [-0.4, -0.2) is 66.5 Å². The number of aliphatic imine (C=N–C) groups is 1. The van der Waals surface area contributed by atoms with Crippen molar-refractivity contribution in [2.45, 2.75) is 45.7 Å². The molecule has 2 N–H and O–H groups in total. The lowest BCUT2D eigenvalue weighted by molar-refractivity contribution is 0.131. The van der Waals surface area contributed by atoms with Crippen LogP contribution in [0.4, 0.5) is 0 Å². The highest BCUT2D eigenvalue weighted by Gasteiger charge is 2.16. The Labute approximate surface area is 158 Å². The number of rotatable bonds is 5. The fourth-order valence-electron chi connectivity index (χ4n) is 3.94. The van der Waals surface area contributed by atoms with Gasteiger partial charge in [0.05, 0.1) is 6.54 Å².